The summed E-state index contributed by atoms with van der Waals surface area (Å²) >= 11 is 5.32. The minimum atomic E-state index is 0.171. The molecule has 0 spiro atoms. The van der Waals surface area contributed by atoms with E-state index in [9.17, 15) is 4.79 Å². The average molecular weight is 340 g/mol. The standard InChI is InChI=1S/C15H18BrNOS/c16-10-15(6-2-1-3-7-15)11-17-8-4-13-12(14(17)18)5-9-19-13/h4-5,8-9H,1-3,6-7,10-11H2. The van der Waals surface area contributed by atoms with E-state index in [1.54, 1.807) is 11.3 Å². The highest BCUT2D eigenvalue weighted by Gasteiger charge is 2.31. The smallest absolute Gasteiger partial charge is 0.259 e. The maximum absolute atomic E-state index is 12.5. The van der Waals surface area contributed by atoms with Gasteiger partial charge in [0.15, 0.2) is 0 Å². The number of hydrogen-bond acceptors (Lipinski definition) is 2. The van der Waals surface area contributed by atoms with Crippen molar-refractivity contribution in [3.8, 4) is 0 Å². The lowest BCUT2D eigenvalue weighted by atomic mass is 9.75. The van der Waals surface area contributed by atoms with Crippen LogP contribution >= 0.6 is 27.3 Å². The van der Waals surface area contributed by atoms with Gasteiger partial charge in [0.2, 0.25) is 0 Å². The molecule has 4 heteroatoms. The third-order valence-corrected chi connectivity index (χ3v) is 6.37. The number of aromatic nitrogens is 1. The van der Waals surface area contributed by atoms with Crippen molar-refractivity contribution in [3.63, 3.8) is 0 Å². The summed E-state index contributed by atoms with van der Waals surface area (Å²) in [4.78, 5) is 12.5. The monoisotopic (exact) mass is 339 g/mol. The zero-order valence-corrected chi connectivity index (χ0v) is 13.3. The molecule has 0 saturated heterocycles. The fourth-order valence-corrected chi connectivity index (χ4v) is 4.64. The van der Waals surface area contributed by atoms with Crippen LogP contribution in [0.25, 0.3) is 10.1 Å². The van der Waals surface area contributed by atoms with E-state index in [4.69, 9.17) is 0 Å². The number of nitrogens with zero attached hydrogens (tertiary/aromatic N) is 1. The van der Waals surface area contributed by atoms with Gasteiger partial charge in [-0.1, -0.05) is 35.2 Å². The highest BCUT2D eigenvalue weighted by Crippen LogP contribution is 2.39. The van der Waals surface area contributed by atoms with Crippen molar-refractivity contribution in [2.75, 3.05) is 5.33 Å². The summed E-state index contributed by atoms with van der Waals surface area (Å²) in [7, 11) is 0. The molecular formula is C15H18BrNOS. The van der Waals surface area contributed by atoms with Crippen molar-refractivity contribution in [1.29, 1.82) is 0 Å². The number of alkyl halides is 1. The van der Waals surface area contributed by atoms with Crippen LogP contribution in [-0.4, -0.2) is 9.90 Å². The van der Waals surface area contributed by atoms with Crippen LogP contribution in [0, 0.1) is 5.41 Å². The molecule has 0 N–H and O–H groups in total. The molecule has 19 heavy (non-hydrogen) atoms. The fourth-order valence-electron chi connectivity index (χ4n) is 3.13. The van der Waals surface area contributed by atoms with Crippen LogP contribution in [-0.2, 0) is 6.54 Å². The molecule has 3 rings (SSSR count). The summed E-state index contributed by atoms with van der Waals surface area (Å²) in [6.07, 6.45) is 8.36. The van der Waals surface area contributed by atoms with Crippen LogP contribution in [0.15, 0.2) is 28.5 Å². The second-order valence-corrected chi connectivity index (χ2v) is 7.15. The maximum atomic E-state index is 12.5. The second-order valence-electron chi connectivity index (χ2n) is 5.64. The van der Waals surface area contributed by atoms with E-state index in [1.807, 2.05) is 22.2 Å². The molecule has 1 fully saturated rings. The summed E-state index contributed by atoms with van der Waals surface area (Å²) in [6, 6.07) is 4.02. The Bertz CT molecular complexity index is 624. The van der Waals surface area contributed by atoms with Crippen molar-refractivity contribution in [2.24, 2.45) is 5.41 Å². The zero-order valence-electron chi connectivity index (χ0n) is 10.9. The van der Waals surface area contributed by atoms with Crippen molar-refractivity contribution >= 4 is 37.4 Å². The quantitative estimate of drug-likeness (QED) is 0.759. The highest BCUT2D eigenvalue weighted by atomic mass is 79.9. The van der Waals surface area contributed by atoms with E-state index >= 15 is 0 Å². The van der Waals surface area contributed by atoms with Crippen LogP contribution in [0.4, 0.5) is 0 Å². The summed E-state index contributed by atoms with van der Waals surface area (Å²) < 4.78 is 3.01. The first-order valence-electron chi connectivity index (χ1n) is 6.87. The normalized spacial score (nSPS) is 18.8. The number of hydrogen-bond donors (Lipinski definition) is 0. The van der Waals surface area contributed by atoms with Gasteiger partial charge < -0.3 is 4.57 Å². The molecule has 2 heterocycles. The molecule has 102 valence electrons. The molecular weight excluding hydrogens is 322 g/mol. The molecule has 1 saturated carbocycles. The first-order chi connectivity index (χ1) is 9.24. The maximum Gasteiger partial charge on any atom is 0.259 e. The van der Waals surface area contributed by atoms with Crippen LogP contribution in [0.5, 0.6) is 0 Å². The minimum absolute atomic E-state index is 0.171. The molecule has 0 aliphatic heterocycles. The van der Waals surface area contributed by atoms with Crippen LogP contribution in [0.2, 0.25) is 0 Å². The van der Waals surface area contributed by atoms with Crippen molar-refractivity contribution in [1.82, 2.24) is 4.57 Å². The lowest BCUT2D eigenvalue weighted by molar-refractivity contribution is 0.189. The van der Waals surface area contributed by atoms with Gasteiger partial charge in [-0.05, 0) is 35.8 Å². The van der Waals surface area contributed by atoms with Gasteiger partial charge in [-0.2, -0.15) is 0 Å². The Morgan fingerprint density at radius 3 is 2.79 bits per heavy atom. The first-order valence-corrected chi connectivity index (χ1v) is 8.87. The van der Waals surface area contributed by atoms with Crippen molar-refractivity contribution < 1.29 is 0 Å². The van der Waals surface area contributed by atoms with Crippen LogP contribution in [0.1, 0.15) is 32.1 Å². The Hall–Kier alpha value is -0.610. The third-order valence-electron chi connectivity index (χ3n) is 4.30. The molecule has 0 amide bonds. The SMILES string of the molecule is O=c1c2ccsc2ccn1CC1(CBr)CCCCC1. The van der Waals surface area contributed by atoms with E-state index in [-0.39, 0.29) is 11.0 Å². The van der Waals surface area contributed by atoms with Crippen molar-refractivity contribution in [2.45, 2.75) is 38.6 Å². The van der Waals surface area contributed by atoms with E-state index in [0.29, 0.717) is 0 Å². The van der Waals surface area contributed by atoms with Gasteiger partial charge in [-0.25, -0.2) is 0 Å². The molecule has 0 radical (unpaired) electrons. The van der Waals surface area contributed by atoms with Gasteiger partial charge in [0.25, 0.3) is 5.56 Å². The number of fused-ring (bicyclic) bond motifs is 1. The molecule has 2 aromatic heterocycles. The number of pyridine rings is 1. The van der Waals surface area contributed by atoms with Crippen LogP contribution in [0.3, 0.4) is 0 Å². The molecule has 0 aromatic carbocycles. The summed E-state index contributed by atoms with van der Waals surface area (Å²) in [5.74, 6) is 0. The van der Waals surface area contributed by atoms with Gasteiger partial charge in [-0.15, -0.1) is 11.3 Å². The first kappa shape index (κ1) is 13.4. The number of thiophene rings is 1. The summed E-state index contributed by atoms with van der Waals surface area (Å²) in [5.41, 5.74) is 0.441. The van der Waals surface area contributed by atoms with Gasteiger partial charge in [-0.3, -0.25) is 4.79 Å². The molecule has 0 unspecified atom stereocenters. The molecule has 2 nitrogen and oxygen atoms in total. The second kappa shape index (κ2) is 5.41. The summed E-state index contributed by atoms with van der Waals surface area (Å²) in [6.45, 7) is 0.850. The predicted molar refractivity (Wildman–Crippen MR) is 85.4 cm³/mol. The Morgan fingerprint density at radius 1 is 1.26 bits per heavy atom. The van der Waals surface area contributed by atoms with Gasteiger partial charge in [0.05, 0.1) is 5.39 Å². The molecule has 0 atom stereocenters. The topological polar surface area (TPSA) is 22.0 Å². The molecule has 0 bridgehead atoms. The lowest BCUT2D eigenvalue weighted by Gasteiger charge is -2.36. The van der Waals surface area contributed by atoms with Crippen LogP contribution < -0.4 is 5.56 Å². The average Bonchev–Trinajstić information content (AvgIpc) is 2.92. The van der Waals surface area contributed by atoms with E-state index < -0.39 is 0 Å². The third kappa shape index (κ3) is 2.52. The van der Waals surface area contributed by atoms with Gasteiger partial charge >= 0.3 is 0 Å². The fraction of sp³-hybridized carbons (Fsp3) is 0.533. The highest BCUT2D eigenvalue weighted by molar-refractivity contribution is 9.09. The zero-order chi connectivity index (χ0) is 13.3. The van der Waals surface area contributed by atoms with Crippen molar-refractivity contribution in [3.05, 3.63) is 34.1 Å². The Balaban J connectivity index is 1.95. The largest absolute Gasteiger partial charge is 0.314 e. The predicted octanol–water partition coefficient (Wildman–Crippen LogP) is 4.41. The Kier molecular flexibility index (Phi) is 3.81. The minimum Gasteiger partial charge on any atom is -0.314 e. The molecule has 1 aliphatic carbocycles. The lowest BCUT2D eigenvalue weighted by Crippen LogP contribution is -2.35. The Labute approximate surface area is 125 Å². The molecule has 2 aromatic rings. The Morgan fingerprint density at radius 2 is 2.05 bits per heavy atom. The van der Waals surface area contributed by atoms with E-state index in [0.717, 1.165) is 22.0 Å². The van der Waals surface area contributed by atoms with E-state index in [1.165, 1.54) is 32.1 Å². The number of rotatable bonds is 3. The van der Waals surface area contributed by atoms with Gasteiger partial charge in [0, 0.05) is 22.8 Å². The van der Waals surface area contributed by atoms with E-state index in [2.05, 4.69) is 22.0 Å². The molecule has 1 aliphatic rings. The van der Waals surface area contributed by atoms with Gasteiger partial charge in [0.1, 0.15) is 0 Å². The summed E-state index contributed by atoms with van der Waals surface area (Å²) in [5, 5.41) is 3.86. The number of halogens is 1.